The summed E-state index contributed by atoms with van der Waals surface area (Å²) in [6.45, 7) is 11.7. The van der Waals surface area contributed by atoms with Crippen LogP contribution in [-0.2, 0) is 0 Å². The van der Waals surface area contributed by atoms with Gasteiger partial charge in [-0.15, -0.1) is 11.6 Å². The van der Waals surface area contributed by atoms with E-state index in [1.807, 2.05) is 0 Å². The van der Waals surface area contributed by atoms with Crippen molar-refractivity contribution in [3.05, 3.63) is 0 Å². The molecule has 0 aliphatic carbocycles. The van der Waals surface area contributed by atoms with E-state index in [0.717, 1.165) is 11.8 Å². The van der Waals surface area contributed by atoms with Crippen LogP contribution in [0.5, 0.6) is 0 Å². The molecule has 0 aliphatic rings. The SMILES string of the molecule is CC(C)CN(CCCCCCCl)C(C)C. The standard InChI is InChI=1S/C13H28ClN/c1-12(2)11-15(13(3)4)10-8-6-5-7-9-14/h12-13H,5-11H2,1-4H3. The largest absolute Gasteiger partial charge is 0.301 e. The van der Waals surface area contributed by atoms with E-state index in [-0.39, 0.29) is 0 Å². The van der Waals surface area contributed by atoms with Crippen LogP contribution in [-0.4, -0.2) is 29.9 Å². The van der Waals surface area contributed by atoms with E-state index >= 15 is 0 Å². The highest BCUT2D eigenvalue weighted by Gasteiger charge is 2.10. The van der Waals surface area contributed by atoms with Gasteiger partial charge >= 0.3 is 0 Å². The Morgan fingerprint density at radius 3 is 2.00 bits per heavy atom. The van der Waals surface area contributed by atoms with E-state index in [0.29, 0.717) is 6.04 Å². The van der Waals surface area contributed by atoms with Crippen LogP contribution in [0.1, 0.15) is 53.4 Å². The third-order valence-electron chi connectivity index (χ3n) is 2.66. The molecular weight excluding hydrogens is 206 g/mol. The van der Waals surface area contributed by atoms with Crippen molar-refractivity contribution >= 4 is 11.6 Å². The molecule has 0 unspecified atom stereocenters. The van der Waals surface area contributed by atoms with E-state index in [1.165, 1.54) is 38.8 Å². The van der Waals surface area contributed by atoms with Crippen molar-refractivity contribution in [1.29, 1.82) is 0 Å². The van der Waals surface area contributed by atoms with Gasteiger partial charge in [0, 0.05) is 18.5 Å². The molecule has 0 aromatic rings. The number of alkyl halides is 1. The van der Waals surface area contributed by atoms with Crippen molar-refractivity contribution in [1.82, 2.24) is 4.90 Å². The quantitative estimate of drug-likeness (QED) is 0.427. The van der Waals surface area contributed by atoms with Gasteiger partial charge in [0.25, 0.3) is 0 Å². The Hall–Kier alpha value is 0.250. The average molecular weight is 234 g/mol. The molecular formula is C13H28ClN. The second-order valence-corrected chi connectivity index (χ2v) is 5.46. The van der Waals surface area contributed by atoms with Crippen molar-refractivity contribution in [3.8, 4) is 0 Å². The predicted molar refractivity (Wildman–Crippen MR) is 70.7 cm³/mol. The van der Waals surface area contributed by atoms with Crippen LogP contribution in [0.15, 0.2) is 0 Å². The van der Waals surface area contributed by atoms with Crippen molar-refractivity contribution in [2.24, 2.45) is 5.92 Å². The zero-order chi connectivity index (χ0) is 11.7. The molecule has 0 aliphatic heterocycles. The Balaban J connectivity index is 3.58. The molecule has 0 amide bonds. The van der Waals surface area contributed by atoms with Crippen LogP contribution in [0, 0.1) is 5.92 Å². The van der Waals surface area contributed by atoms with Gasteiger partial charge in [0.2, 0.25) is 0 Å². The lowest BCUT2D eigenvalue weighted by Gasteiger charge is -2.28. The summed E-state index contributed by atoms with van der Waals surface area (Å²) in [6, 6.07) is 0.681. The third kappa shape index (κ3) is 9.19. The fourth-order valence-corrected chi connectivity index (χ4v) is 1.98. The van der Waals surface area contributed by atoms with Gasteiger partial charge in [0.1, 0.15) is 0 Å². The first-order valence-corrected chi connectivity index (χ1v) is 6.91. The van der Waals surface area contributed by atoms with Crippen LogP contribution in [0.25, 0.3) is 0 Å². The van der Waals surface area contributed by atoms with Crippen molar-refractivity contribution in [3.63, 3.8) is 0 Å². The maximum atomic E-state index is 5.65. The number of halogens is 1. The lowest BCUT2D eigenvalue weighted by Crippen LogP contribution is -2.34. The summed E-state index contributed by atoms with van der Waals surface area (Å²) in [5, 5.41) is 0. The summed E-state index contributed by atoms with van der Waals surface area (Å²) in [5.74, 6) is 1.59. The fraction of sp³-hybridized carbons (Fsp3) is 1.00. The molecule has 15 heavy (non-hydrogen) atoms. The zero-order valence-corrected chi connectivity index (χ0v) is 11.7. The Labute approximate surface area is 101 Å². The molecule has 0 rings (SSSR count). The van der Waals surface area contributed by atoms with Gasteiger partial charge in [0.15, 0.2) is 0 Å². The second kappa shape index (κ2) is 9.47. The van der Waals surface area contributed by atoms with Crippen LogP contribution in [0.2, 0.25) is 0 Å². The first-order chi connectivity index (χ1) is 7.07. The van der Waals surface area contributed by atoms with Gasteiger partial charge in [0.05, 0.1) is 0 Å². The van der Waals surface area contributed by atoms with Crippen LogP contribution in [0.3, 0.4) is 0 Å². The number of hydrogen-bond donors (Lipinski definition) is 0. The summed E-state index contributed by atoms with van der Waals surface area (Å²) in [6.07, 6.45) is 5.11. The minimum Gasteiger partial charge on any atom is -0.301 e. The number of hydrogen-bond acceptors (Lipinski definition) is 1. The Kier molecular flexibility index (Phi) is 9.63. The lowest BCUT2D eigenvalue weighted by atomic mass is 10.1. The molecule has 2 heteroatoms. The number of nitrogens with zero attached hydrogens (tertiary/aromatic N) is 1. The van der Waals surface area contributed by atoms with Gasteiger partial charge in [-0.1, -0.05) is 26.7 Å². The monoisotopic (exact) mass is 233 g/mol. The highest BCUT2D eigenvalue weighted by molar-refractivity contribution is 6.17. The number of rotatable bonds is 9. The summed E-state index contributed by atoms with van der Waals surface area (Å²) in [4.78, 5) is 2.59. The predicted octanol–water partition coefficient (Wildman–Crippen LogP) is 4.15. The molecule has 0 saturated heterocycles. The molecule has 0 radical (unpaired) electrons. The van der Waals surface area contributed by atoms with E-state index < -0.39 is 0 Å². The molecule has 1 nitrogen and oxygen atoms in total. The Morgan fingerprint density at radius 2 is 1.53 bits per heavy atom. The molecule has 92 valence electrons. The second-order valence-electron chi connectivity index (χ2n) is 5.09. The normalized spacial score (nSPS) is 12.0. The van der Waals surface area contributed by atoms with Crippen molar-refractivity contribution < 1.29 is 0 Å². The maximum Gasteiger partial charge on any atom is 0.0223 e. The molecule has 0 atom stereocenters. The first-order valence-electron chi connectivity index (χ1n) is 6.38. The first kappa shape index (κ1) is 15.2. The van der Waals surface area contributed by atoms with Gasteiger partial charge < -0.3 is 4.90 Å². The smallest absolute Gasteiger partial charge is 0.0223 e. The summed E-state index contributed by atoms with van der Waals surface area (Å²) in [7, 11) is 0. The minimum absolute atomic E-state index is 0.681. The average Bonchev–Trinajstić information content (AvgIpc) is 2.15. The summed E-state index contributed by atoms with van der Waals surface area (Å²) in [5.41, 5.74) is 0. The molecule has 0 spiro atoms. The fourth-order valence-electron chi connectivity index (χ4n) is 1.79. The topological polar surface area (TPSA) is 3.24 Å². The summed E-state index contributed by atoms with van der Waals surface area (Å²) < 4.78 is 0. The minimum atomic E-state index is 0.681. The lowest BCUT2D eigenvalue weighted by molar-refractivity contribution is 0.193. The van der Waals surface area contributed by atoms with E-state index in [1.54, 1.807) is 0 Å². The van der Waals surface area contributed by atoms with Gasteiger partial charge in [-0.05, 0) is 39.2 Å². The van der Waals surface area contributed by atoms with Crippen LogP contribution in [0.4, 0.5) is 0 Å². The van der Waals surface area contributed by atoms with Crippen LogP contribution < -0.4 is 0 Å². The van der Waals surface area contributed by atoms with Crippen molar-refractivity contribution in [2.75, 3.05) is 19.0 Å². The Morgan fingerprint density at radius 1 is 0.933 bits per heavy atom. The van der Waals surface area contributed by atoms with E-state index in [4.69, 9.17) is 11.6 Å². The van der Waals surface area contributed by atoms with Gasteiger partial charge in [-0.25, -0.2) is 0 Å². The van der Waals surface area contributed by atoms with E-state index in [2.05, 4.69) is 32.6 Å². The molecule has 0 bridgehead atoms. The number of unbranched alkanes of at least 4 members (excludes halogenated alkanes) is 3. The van der Waals surface area contributed by atoms with Gasteiger partial charge in [-0.3, -0.25) is 0 Å². The molecule has 0 fully saturated rings. The zero-order valence-electron chi connectivity index (χ0n) is 10.9. The van der Waals surface area contributed by atoms with E-state index in [9.17, 15) is 0 Å². The molecule has 0 saturated carbocycles. The Bertz CT molecular complexity index is 134. The highest BCUT2D eigenvalue weighted by atomic mass is 35.5. The third-order valence-corrected chi connectivity index (χ3v) is 2.93. The molecule has 0 aromatic carbocycles. The van der Waals surface area contributed by atoms with Crippen LogP contribution >= 0.6 is 11.6 Å². The molecule has 0 aromatic heterocycles. The summed E-state index contributed by atoms with van der Waals surface area (Å²) >= 11 is 5.65. The molecule has 0 N–H and O–H groups in total. The molecule has 0 heterocycles. The van der Waals surface area contributed by atoms with Crippen molar-refractivity contribution in [2.45, 2.75) is 59.4 Å². The highest BCUT2D eigenvalue weighted by Crippen LogP contribution is 2.08. The maximum absolute atomic E-state index is 5.65. The van der Waals surface area contributed by atoms with Gasteiger partial charge in [-0.2, -0.15) is 0 Å².